The Balaban J connectivity index is 1.83. The monoisotopic (exact) mass is 217 g/mol. The molecule has 1 N–H and O–H groups in total. The van der Waals surface area contributed by atoms with Gasteiger partial charge in [-0.3, -0.25) is 0 Å². The first-order chi connectivity index (χ1) is 7.93. The second-order valence-corrected chi connectivity index (χ2v) is 4.33. The molecule has 1 fully saturated rings. The van der Waals surface area contributed by atoms with Crippen molar-refractivity contribution in [2.75, 3.05) is 13.1 Å². The summed E-state index contributed by atoms with van der Waals surface area (Å²) in [5.74, 6) is 0.653. The summed E-state index contributed by atoms with van der Waals surface area (Å²) < 4.78 is 1.92. The summed E-state index contributed by atoms with van der Waals surface area (Å²) in [5, 5.41) is 11.7. The summed E-state index contributed by atoms with van der Waals surface area (Å²) >= 11 is 0. The van der Waals surface area contributed by atoms with Gasteiger partial charge in [-0.25, -0.2) is 9.67 Å². The molecule has 0 spiro atoms. The number of nitrogens with one attached hydrogen (secondary N) is 1. The molecule has 0 aliphatic carbocycles. The average Bonchev–Trinajstić information content (AvgIpc) is 2.74. The van der Waals surface area contributed by atoms with Crippen molar-refractivity contribution in [1.29, 1.82) is 0 Å². The lowest BCUT2D eigenvalue weighted by Crippen LogP contribution is -2.32. The van der Waals surface area contributed by atoms with Gasteiger partial charge in [0.25, 0.3) is 0 Å². The van der Waals surface area contributed by atoms with Crippen LogP contribution in [-0.2, 0) is 6.54 Å². The molecule has 1 aliphatic rings. The van der Waals surface area contributed by atoms with Crippen molar-refractivity contribution in [3.05, 3.63) is 18.3 Å². The molecule has 0 radical (unpaired) electrons. The second kappa shape index (κ2) is 4.17. The molecule has 0 saturated carbocycles. The molecule has 1 saturated heterocycles. The van der Waals surface area contributed by atoms with Gasteiger partial charge in [0.15, 0.2) is 5.65 Å². The predicted octanol–water partition coefficient (Wildman–Crippen LogP) is 0.826. The normalized spacial score (nSPS) is 21.4. The van der Waals surface area contributed by atoms with E-state index in [0.29, 0.717) is 5.92 Å². The Morgan fingerprint density at radius 1 is 1.50 bits per heavy atom. The number of piperidine rings is 1. The highest BCUT2D eigenvalue weighted by atomic mass is 15.4. The van der Waals surface area contributed by atoms with Crippen LogP contribution in [0.15, 0.2) is 18.3 Å². The molecule has 2 aromatic heterocycles. The van der Waals surface area contributed by atoms with Gasteiger partial charge in [-0.15, -0.1) is 5.10 Å². The third-order valence-corrected chi connectivity index (χ3v) is 3.10. The van der Waals surface area contributed by atoms with Crippen LogP contribution in [0.1, 0.15) is 12.8 Å². The molecule has 0 amide bonds. The van der Waals surface area contributed by atoms with Crippen LogP contribution in [-0.4, -0.2) is 33.1 Å². The Labute approximate surface area is 93.9 Å². The van der Waals surface area contributed by atoms with E-state index in [0.717, 1.165) is 30.8 Å². The Morgan fingerprint density at radius 3 is 3.38 bits per heavy atom. The Kier molecular flexibility index (Phi) is 2.53. The molecule has 3 heterocycles. The average molecular weight is 217 g/mol. The lowest BCUT2D eigenvalue weighted by atomic mass is 10.00. The van der Waals surface area contributed by atoms with Gasteiger partial charge in [-0.1, -0.05) is 5.21 Å². The fraction of sp³-hybridized carbons (Fsp3) is 0.545. The van der Waals surface area contributed by atoms with E-state index in [-0.39, 0.29) is 0 Å². The summed E-state index contributed by atoms with van der Waals surface area (Å²) in [5.41, 5.74) is 1.78. The van der Waals surface area contributed by atoms with Crippen LogP contribution in [0.4, 0.5) is 0 Å². The SMILES string of the molecule is c1cnc2c(c1)nnn2CC1CCCNC1. The topological polar surface area (TPSA) is 55.6 Å². The largest absolute Gasteiger partial charge is 0.316 e. The maximum atomic E-state index is 4.32. The van der Waals surface area contributed by atoms with Gasteiger partial charge in [0, 0.05) is 12.7 Å². The highest BCUT2D eigenvalue weighted by Gasteiger charge is 2.15. The maximum Gasteiger partial charge on any atom is 0.178 e. The van der Waals surface area contributed by atoms with Crippen LogP contribution in [0.25, 0.3) is 11.2 Å². The minimum Gasteiger partial charge on any atom is -0.316 e. The molecule has 2 aromatic rings. The maximum absolute atomic E-state index is 4.32. The number of aromatic nitrogens is 4. The number of rotatable bonds is 2. The van der Waals surface area contributed by atoms with Gasteiger partial charge in [0.1, 0.15) is 5.52 Å². The lowest BCUT2D eigenvalue weighted by molar-refractivity contribution is 0.325. The molecule has 3 rings (SSSR count). The van der Waals surface area contributed by atoms with Gasteiger partial charge < -0.3 is 5.32 Å². The number of nitrogens with zero attached hydrogens (tertiary/aromatic N) is 4. The van der Waals surface area contributed by atoms with E-state index in [9.17, 15) is 0 Å². The third kappa shape index (κ3) is 1.78. The van der Waals surface area contributed by atoms with E-state index >= 15 is 0 Å². The summed E-state index contributed by atoms with van der Waals surface area (Å²) in [6.45, 7) is 3.14. The first kappa shape index (κ1) is 9.72. The minimum atomic E-state index is 0.653. The molecular weight excluding hydrogens is 202 g/mol. The van der Waals surface area contributed by atoms with E-state index in [1.54, 1.807) is 6.20 Å². The van der Waals surface area contributed by atoms with E-state index < -0.39 is 0 Å². The zero-order valence-electron chi connectivity index (χ0n) is 9.13. The van der Waals surface area contributed by atoms with E-state index in [1.807, 2.05) is 16.8 Å². The molecule has 1 unspecified atom stereocenters. The van der Waals surface area contributed by atoms with Crippen molar-refractivity contribution in [3.8, 4) is 0 Å². The lowest BCUT2D eigenvalue weighted by Gasteiger charge is -2.22. The summed E-state index contributed by atoms with van der Waals surface area (Å²) in [6, 6.07) is 3.84. The van der Waals surface area contributed by atoms with E-state index in [1.165, 1.54) is 12.8 Å². The van der Waals surface area contributed by atoms with Crippen molar-refractivity contribution in [3.63, 3.8) is 0 Å². The molecule has 1 aliphatic heterocycles. The second-order valence-electron chi connectivity index (χ2n) is 4.33. The van der Waals surface area contributed by atoms with Crippen LogP contribution in [0, 0.1) is 5.92 Å². The van der Waals surface area contributed by atoms with Crippen LogP contribution in [0.5, 0.6) is 0 Å². The standard InChI is InChI=1S/C11H15N5/c1-3-9(7-12-5-1)8-16-11-10(14-15-16)4-2-6-13-11/h2,4,6,9,12H,1,3,5,7-8H2. The summed E-state index contributed by atoms with van der Waals surface area (Å²) in [6.07, 6.45) is 4.31. The highest BCUT2D eigenvalue weighted by molar-refractivity contribution is 5.68. The van der Waals surface area contributed by atoms with Crippen molar-refractivity contribution < 1.29 is 0 Å². The molecular formula is C11H15N5. The molecule has 5 heteroatoms. The molecule has 0 aromatic carbocycles. The minimum absolute atomic E-state index is 0.653. The molecule has 0 bridgehead atoms. The predicted molar refractivity (Wildman–Crippen MR) is 60.9 cm³/mol. The van der Waals surface area contributed by atoms with Crippen molar-refractivity contribution in [2.24, 2.45) is 5.92 Å². The van der Waals surface area contributed by atoms with Crippen molar-refractivity contribution >= 4 is 11.2 Å². The Morgan fingerprint density at radius 2 is 2.50 bits per heavy atom. The molecule has 1 atom stereocenters. The van der Waals surface area contributed by atoms with Crippen LogP contribution >= 0.6 is 0 Å². The van der Waals surface area contributed by atoms with Crippen molar-refractivity contribution in [2.45, 2.75) is 19.4 Å². The molecule has 84 valence electrons. The summed E-state index contributed by atoms with van der Waals surface area (Å²) in [4.78, 5) is 4.32. The fourth-order valence-electron chi connectivity index (χ4n) is 2.26. The summed E-state index contributed by atoms with van der Waals surface area (Å²) in [7, 11) is 0. The first-order valence-corrected chi connectivity index (χ1v) is 5.78. The number of hydrogen-bond donors (Lipinski definition) is 1. The quantitative estimate of drug-likeness (QED) is 0.809. The van der Waals surface area contributed by atoms with Crippen LogP contribution in [0.3, 0.4) is 0 Å². The number of pyridine rings is 1. The number of fused-ring (bicyclic) bond motifs is 1. The van der Waals surface area contributed by atoms with E-state index in [4.69, 9.17) is 0 Å². The molecule has 5 nitrogen and oxygen atoms in total. The Bertz CT molecular complexity index is 472. The highest BCUT2D eigenvalue weighted by Crippen LogP contribution is 2.14. The smallest absolute Gasteiger partial charge is 0.178 e. The zero-order chi connectivity index (χ0) is 10.8. The van der Waals surface area contributed by atoms with Gasteiger partial charge in [-0.05, 0) is 44.0 Å². The van der Waals surface area contributed by atoms with Crippen molar-refractivity contribution in [1.82, 2.24) is 25.3 Å². The zero-order valence-corrected chi connectivity index (χ0v) is 9.13. The Hall–Kier alpha value is -1.49. The number of hydrogen-bond acceptors (Lipinski definition) is 4. The van der Waals surface area contributed by atoms with Crippen LogP contribution < -0.4 is 5.32 Å². The van der Waals surface area contributed by atoms with Gasteiger partial charge >= 0.3 is 0 Å². The first-order valence-electron chi connectivity index (χ1n) is 5.78. The third-order valence-electron chi connectivity index (χ3n) is 3.10. The van der Waals surface area contributed by atoms with Gasteiger partial charge in [0.05, 0.1) is 0 Å². The van der Waals surface area contributed by atoms with E-state index in [2.05, 4.69) is 20.6 Å². The molecule has 16 heavy (non-hydrogen) atoms. The fourth-order valence-corrected chi connectivity index (χ4v) is 2.26. The van der Waals surface area contributed by atoms with Gasteiger partial charge in [0.2, 0.25) is 0 Å². The van der Waals surface area contributed by atoms with Crippen LogP contribution in [0.2, 0.25) is 0 Å². The van der Waals surface area contributed by atoms with Gasteiger partial charge in [-0.2, -0.15) is 0 Å².